The molecule has 10 heteroatoms. The van der Waals surface area contributed by atoms with Crippen molar-refractivity contribution in [1.82, 2.24) is 9.62 Å². The van der Waals surface area contributed by atoms with Crippen LogP contribution in [0.25, 0.3) is 0 Å². The molecule has 8 atom stereocenters. The third kappa shape index (κ3) is 7.18. The molecule has 288 valence electrons. The summed E-state index contributed by atoms with van der Waals surface area (Å²) in [6.07, 6.45) is 17.0. The SMILES string of the molecule is CO[C@]1(CN2CC[C@@H]3CCCC[C@H]3C2)/C=C/C[C@H](C)[C@@H](C)S(=O)(=O)NC(=O)c2ccc3c(c2)N(C[C@@H]2CC[C@H]21)C[C@@]1(CCCc2cc(Cl)ccc21)CO3. The number of benzene rings is 2. The van der Waals surface area contributed by atoms with Gasteiger partial charge in [-0.2, -0.15) is 0 Å². The van der Waals surface area contributed by atoms with E-state index in [1.54, 1.807) is 13.0 Å². The van der Waals surface area contributed by atoms with E-state index in [1.165, 1.54) is 43.2 Å². The predicted octanol–water partition coefficient (Wildman–Crippen LogP) is 7.78. The minimum Gasteiger partial charge on any atom is -0.490 e. The topological polar surface area (TPSA) is 88.2 Å². The summed E-state index contributed by atoms with van der Waals surface area (Å²) in [5.41, 5.74) is 3.01. The summed E-state index contributed by atoms with van der Waals surface area (Å²) in [7, 11) is -2.06. The predicted molar refractivity (Wildman–Crippen MR) is 211 cm³/mol. The number of halogens is 1. The Bertz CT molecular complexity index is 1840. The number of amides is 1. The Morgan fingerprint density at radius 3 is 2.60 bits per heavy atom. The molecule has 2 aromatic rings. The number of rotatable bonds is 3. The number of carbonyl (C=O) groups is 1. The van der Waals surface area contributed by atoms with Crippen molar-refractivity contribution in [2.24, 2.45) is 29.6 Å². The number of sulfonamides is 1. The smallest absolute Gasteiger partial charge is 0.264 e. The van der Waals surface area contributed by atoms with Crippen molar-refractivity contribution in [1.29, 1.82) is 0 Å². The maximum atomic E-state index is 13.7. The number of nitrogens with zero attached hydrogens (tertiary/aromatic N) is 2. The van der Waals surface area contributed by atoms with E-state index < -0.39 is 26.8 Å². The molecule has 3 heterocycles. The monoisotopic (exact) mass is 763 g/mol. The van der Waals surface area contributed by atoms with Crippen molar-refractivity contribution in [3.63, 3.8) is 0 Å². The van der Waals surface area contributed by atoms with Crippen molar-refractivity contribution in [3.05, 3.63) is 70.3 Å². The van der Waals surface area contributed by atoms with Crippen LogP contribution in [-0.2, 0) is 26.6 Å². The largest absolute Gasteiger partial charge is 0.490 e. The van der Waals surface area contributed by atoms with Crippen molar-refractivity contribution in [2.75, 3.05) is 51.3 Å². The van der Waals surface area contributed by atoms with E-state index in [0.717, 1.165) is 93.1 Å². The lowest BCUT2D eigenvalue weighted by Gasteiger charge is -2.53. The number of ether oxygens (including phenoxy) is 2. The second-order valence-corrected chi connectivity index (χ2v) is 20.0. The molecule has 3 fully saturated rings. The van der Waals surface area contributed by atoms with E-state index in [1.807, 2.05) is 32.2 Å². The van der Waals surface area contributed by atoms with Gasteiger partial charge in [0.2, 0.25) is 10.0 Å². The number of anilines is 1. The summed E-state index contributed by atoms with van der Waals surface area (Å²) in [6, 6.07) is 11.7. The van der Waals surface area contributed by atoms with Crippen LogP contribution in [0.4, 0.5) is 5.69 Å². The van der Waals surface area contributed by atoms with E-state index in [2.05, 4.69) is 38.8 Å². The molecule has 8 nitrogen and oxygen atoms in total. The van der Waals surface area contributed by atoms with Gasteiger partial charge in [0.1, 0.15) is 11.4 Å². The van der Waals surface area contributed by atoms with Gasteiger partial charge in [0.15, 0.2) is 0 Å². The number of likely N-dealkylation sites (tertiary alicyclic amines) is 1. The van der Waals surface area contributed by atoms with Gasteiger partial charge >= 0.3 is 0 Å². The number of allylic oxidation sites excluding steroid dienone is 1. The number of fused-ring (bicyclic) bond motifs is 5. The Kier molecular flexibility index (Phi) is 10.4. The highest BCUT2D eigenvalue weighted by Crippen LogP contribution is 2.50. The van der Waals surface area contributed by atoms with E-state index in [4.69, 9.17) is 21.1 Å². The van der Waals surface area contributed by atoms with E-state index in [0.29, 0.717) is 30.4 Å². The Hall–Kier alpha value is -2.59. The van der Waals surface area contributed by atoms with Crippen LogP contribution in [0.2, 0.25) is 5.02 Å². The van der Waals surface area contributed by atoms with Crippen molar-refractivity contribution < 1.29 is 22.7 Å². The first-order valence-electron chi connectivity index (χ1n) is 20.3. The summed E-state index contributed by atoms with van der Waals surface area (Å²) < 4.78 is 43.2. The zero-order chi connectivity index (χ0) is 37.0. The Balaban J connectivity index is 1.19. The molecule has 1 spiro atoms. The fourth-order valence-electron chi connectivity index (χ4n) is 11.0. The normalized spacial score (nSPS) is 36.5. The number of hydrogen-bond acceptors (Lipinski definition) is 7. The fourth-order valence-corrected chi connectivity index (χ4v) is 12.5. The number of piperidine rings is 1. The molecule has 0 aromatic heterocycles. The standard InChI is InChI=1S/C43H58ClN3O5S/c1-29-8-6-20-43(51-3,27-46-21-18-31-9-4-5-10-34(31)24-46)38-15-12-35(38)25-47-26-42(19-7-11-32-22-36(44)14-16-37(32)42)28-52-40-17-13-33(23-39(40)47)41(48)45-53(49,50)30(29)2/h6,13-14,16-17,20,22-23,29-31,34-35,38H,4-5,7-12,15,18-19,21,24-28H2,1-3H3,(H,45,48)/b20-6+/t29-,30+,31-,34-,35-,38+,42-,43-/m0/s1. The van der Waals surface area contributed by atoms with Gasteiger partial charge in [-0.05, 0) is 136 Å². The second kappa shape index (κ2) is 14.8. The van der Waals surface area contributed by atoms with Gasteiger partial charge in [-0.25, -0.2) is 13.1 Å². The molecular formula is C43H58ClN3O5S. The lowest BCUT2D eigenvalue weighted by molar-refractivity contribution is -0.0987. The van der Waals surface area contributed by atoms with Crippen LogP contribution in [-0.4, -0.2) is 76.5 Å². The first kappa shape index (κ1) is 37.3. The van der Waals surface area contributed by atoms with Crippen molar-refractivity contribution in [3.8, 4) is 5.75 Å². The molecule has 3 aliphatic carbocycles. The molecule has 2 saturated carbocycles. The third-order valence-electron chi connectivity index (χ3n) is 14.5. The van der Waals surface area contributed by atoms with E-state index in [9.17, 15) is 13.2 Å². The average molecular weight is 764 g/mol. The van der Waals surface area contributed by atoms with E-state index >= 15 is 0 Å². The van der Waals surface area contributed by atoms with Gasteiger partial charge in [0.25, 0.3) is 5.91 Å². The summed E-state index contributed by atoms with van der Waals surface area (Å²) in [4.78, 5) is 18.8. The molecule has 0 radical (unpaired) electrons. The average Bonchev–Trinajstić information content (AvgIpc) is 3.28. The van der Waals surface area contributed by atoms with Gasteiger partial charge in [0.05, 0.1) is 17.5 Å². The first-order chi connectivity index (χ1) is 25.5. The molecule has 3 aliphatic heterocycles. The van der Waals surface area contributed by atoms with Gasteiger partial charge in [-0.3, -0.25) is 9.69 Å². The molecule has 2 bridgehead atoms. The number of carbonyl (C=O) groups excluding carboxylic acids is 1. The molecule has 2 aromatic carbocycles. The molecule has 1 saturated heterocycles. The number of hydrogen-bond donors (Lipinski definition) is 1. The minimum absolute atomic E-state index is 0.199. The maximum Gasteiger partial charge on any atom is 0.264 e. The van der Waals surface area contributed by atoms with Crippen LogP contribution in [0.3, 0.4) is 0 Å². The highest BCUT2D eigenvalue weighted by Gasteiger charge is 2.50. The number of nitrogens with one attached hydrogen (secondary N) is 1. The van der Waals surface area contributed by atoms with E-state index in [-0.39, 0.29) is 11.3 Å². The van der Waals surface area contributed by atoms with Crippen LogP contribution in [0.1, 0.15) is 99.5 Å². The highest BCUT2D eigenvalue weighted by molar-refractivity contribution is 7.90. The number of aryl methyl sites for hydroxylation is 1. The molecule has 1 N–H and O–H groups in total. The van der Waals surface area contributed by atoms with Crippen molar-refractivity contribution in [2.45, 2.75) is 101 Å². The summed E-state index contributed by atoms with van der Waals surface area (Å²) in [6.45, 7) is 8.82. The maximum absolute atomic E-state index is 13.7. The van der Waals surface area contributed by atoms with Gasteiger partial charge < -0.3 is 14.4 Å². The summed E-state index contributed by atoms with van der Waals surface area (Å²) >= 11 is 6.52. The lowest BCUT2D eigenvalue weighted by atomic mass is 9.63. The molecule has 1 amide bonds. The van der Waals surface area contributed by atoms with Crippen LogP contribution < -0.4 is 14.4 Å². The number of methoxy groups -OCH3 is 1. The first-order valence-corrected chi connectivity index (χ1v) is 22.2. The van der Waals surface area contributed by atoms with Gasteiger partial charge in [-0.1, -0.05) is 56.0 Å². The van der Waals surface area contributed by atoms with Crippen LogP contribution in [0, 0.1) is 29.6 Å². The zero-order valence-corrected chi connectivity index (χ0v) is 33.4. The van der Waals surface area contributed by atoms with Gasteiger partial charge in [0, 0.05) is 49.3 Å². The molecule has 8 rings (SSSR count). The Morgan fingerprint density at radius 2 is 1.81 bits per heavy atom. The summed E-state index contributed by atoms with van der Waals surface area (Å²) in [5.74, 6) is 2.22. The second-order valence-electron chi connectivity index (χ2n) is 17.5. The summed E-state index contributed by atoms with van der Waals surface area (Å²) in [5, 5.41) is -0.00457. The fraction of sp³-hybridized carbons (Fsp3) is 0.651. The van der Waals surface area contributed by atoms with Gasteiger partial charge in [-0.15, -0.1) is 0 Å². The quantitative estimate of drug-likeness (QED) is 0.320. The van der Waals surface area contributed by atoms with Crippen LogP contribution in [0.5, 0.6) is 5.75 Å². The lowest BCUT2D eigenvalue weighted by Crippen LogP contribution is -2.58. The van der Waals surface area contributed by atoms with Crippen molar-refractivity contribution >= 4 is 33.2 Å². The Morgan fingerprint density at radius 1 is 0.981 bits per heavy atom. The van der Waals surface area contributed by atoms with Crippen LogP contribution in [0.15, 0.2) is 48.6 Å². The molecule has 53 heavy (non-hydrogen) atoms. The molecule has 0 unspecified atom stereocenters. The highest BCUT2D eigenvalue weighted by atomic mass is 35.5. The van der Waals surface area contributed by atoms with Crippen LogP contribution >= 0.6 is 11.6 Å². The molecule has 6 aliphatic rings. The third-order valence-corrected chi connectivity index (χ3v) is 16.6. The zero-order valence-electron chi connectivity index (χ0n) is 31.8. The minimum atomic E-state index is -3.94. The molecular weight excluding hydrogens is 706 g/mol. The Labute approximate surface area is 322 Å².